The van der Waals surface area contributed by atoms with Crippen molar-refractivity contribution in [3.63, 3.8) is 0 Å². The molecule has 1 aliphatic rings. The van der Waals surface area contributed by atoms with Crippen molar-refractivity contribution in [3.8, 4) is 0 Å². The Labute approximate surface area is 120 Å². The van der Waals surface area contributed by atoms with Crippen molar-refractivity contribution >= 4 is 5.91 Å². The zero-order valence-corrected chi connectivity index (χ0v) is 12.5. The number of carbonyl (C=O) groups excluding carboxylic acids is 1. The van der Waals surface area contributed by atoms with Crippen LogP contribution in [0.1, 0.15) is 36.1 Å². The maximum atomic E-state index is 12.3. The summed E-state index contributed by atoms with van der Waals surface area (Å²) < 4.78 is 5.41. The van der Waals surface area contributed by atoms with E-state index in [4.69, 9.17) is 10.2 Å². The molecule has 0 aromatic carbocycles. The monoisotopic (exact) mass is 279 g/mol. The summed E-state index contributed by atoms with van der Waals surface area (Å²) in [4.78, 5) is 16.5. The number of hydrogen-bond acceptors (Lipinski definition) is 4. The molecule has 2 heterocycles. The van der Waals surface area contributed by atoms with Crippen LogP contribution in [0.3, 0.4) is 0 Å². The number of furan rings is 1. The molecule has 1 saturated heterocycles. The number of piperazine rings is 1. The largest absolute Gasteiger partial charge is 0.456 e. The zero-order valence-electron chi connectivity index (χ0n) is 12.5. The Morgan fingerprint density at radius 2 is 2.05 bits per heavy atom. The van der Waals surface area contributed by atoms with Crippen molar-refractivity contribution in [2.75, 3.05) is 32.7 Å². The molecule has 2 rings (SSSR count). The molecule has 0 spiro atoms. The van der Waals surface area contributed by atoms with E-state index in [1.54, 1.807) is 6.07 Å². The molecular formula is C15H25N3O2. The summed E-state index contributed by atoms with van der Waals surface area (Å²) in [5.74, 6) is 1.22. The van der Waals surface area contributed by atoms with Crippen molar-refractivity contribution in [1.29, 1.82) is 0 Å². The van der Waals surface area contributed by atoms with Gasteiger partial charge < -0.3 is 15.1 Å². The van der Waals surface area contributed by atoms with Crippen LogP contribution in [0.2, 0.25) is 0 Å². The molecule has 1 aromatic rings. The van der Waals surface area contributed by atoms with Gasteiger partial charge in [0.2, 0.25) is 0 Å². The van der Waals surface area contributed by atoms with Crippen LogP contribution in [0.4, 0.5) is 0 Å². The van der Waals surface area contributed by atoms with E-state index >= 15 is 0 Å². The maximum Gasteiger partial charge on any atom is 0.289 e. The van der Waals surface area contributed by atoms with Crippen LogP contribution in [0.25, 0.3) is 0 Å². The second-order valence-electron chi connectivity index (χ2n) is 5.42. The molecule has 5 nitrogen and oxygen atoms in total. The van der Waals surface area contributed by atoms with Crippen LogP contribution in [-0.2, 0) is 0 Å². The minimum Gasteiger partial charge on any atom is -0.456 e. The Morgan fingerprint density at radius 1 is 1.35 bits per heavy atom. The Kier molecular flexibility index (Phi) is 5.20. The van der Waals surface area contributed by atoms with E-state index < -0.39 is 0 Å². The average Bonchev–Trinajstić information content (AvgIpc) is 2.91. The standard InChI is InChI=1S/C15H25N3O2/c1-3-4-13(11-16)17-7-9-18(10-8-17)15(19)14-6-5-12(2)20-14/h5-6,13H,3-4,7-11,16H2,1-2H3. The number of amides is 1. The molecule has 5 heteroatoms. The molecule has 2 N–H and O–H groups in total. The highest BCUT2D eigenvalue weighted by molar-refractivity contribution is 5.91. The van der Waals surface area contributed by atoms with Gasteiger partial charge in [-0.15, -0.1) is 0 Å². The SMILES string of the molecule is CCCC(CN)N1CCN(C(=O)c2ccc(C)o2)CC1. The second-order valence-corrected chi connectivity index (χ2v) is 5.42. The molecule has 112 valence electrons. The van der Waals surface area contributed by atoms with Crippen molar-refractivity contribution < 1.29 is 9.21 Å². The Hall–Kier alpha value is -1.33. The highest BCUT2D eigenvalue weighted by atomic mass is 16.3. The molecule has 0 radical (unpaired) electrons. The van der Waals surface area contributed by atoms with Crippen molar-refractivity contribution in [3.05, 3.63) is 23.7 Å². The number of aryl methyl sites for hydroxylation is 1. The van der Waals surface area contributed by atoms with E-state index in [0.29, 0.717) is 18.3 Å². The summed E-state index contributed by atoms with van der Waals surface area (Å²) in [5, 5.41) is 0. The van der Waals surface area contributed by atoms with E-state index in [2.05, 4.69) is 11.8 Å². The van der Waals surface area contributed by atoms with Gasteiger partial charge in [-0.25, -0.2) is 0 Å². The van der Waals surface area contributed by atoms with Gasteiger partial charge in [-0.1, -0.05) is 13.3 Å². The van der Waals surface area contributed by atoms with Crippen LogP contribution in [0.15, 0.2) is 16.5 Å². The number of nitrogens with two attached hydrogens (primary N) is 1. The third kappa shape index (κ3) is 3.41. The van der Waals surface area contributed by atoms with Gasteiger partial charge in [0, 0.05) is 38.8 Å². The molecule has 1 unspecified atom stereocenters. The molecule has 0 aliphatic carbocycles. The lowest BCUT2D eigenvalue weighted by atomic mass is 10.1. The van der Waals surface area contributed by atoms with E-state index in [1.165, 1.54) is 0 Å². The fraction of sp³-hybridized carbons (Fsp3) is 0.667. The van der Waals surface area contributed by atoms with Crippen molar-refractivity contribution in [2.45, 2.75) is 32.7 Å². The van der Waals surface area contributed by atoms with Crippen LogP contribution < -0.4 is 5.73 Å². The first kappa shape index (κ1) is 15.1. The molecule has 1 atom stereocenters. The summed E-state index contributed by atoms with van der Waals surface area (Å²) in [7, 11) is 0. The number of hydrogen-bond donors (Lipinski definition) is 1. The minimum absolute atomic E-state index is 0.00228. The normalized spacial score (nSPS) is 18.2. The lowest BCUT2D eigenvalue weighted by molar-refractivity contribution is 0.0537. The summed E-state index contributed by atoms with van der Waals surface area (Å²) in [6.07, 6.45) is 2.27. The zero-order chi connectivity index (χ0) is 14.5. The number of nitrogens with zero attached hydrogens (tertiary/aromatic N) is 2. The first-order chi connectivity index (χ1) is 9.65. The van der Waals surface area contributed by atoms with Gasteiger partial charge in [-0.2, -0.15) is 0 Å². The van der Waals surface area contributed by atoms with E-state index in [9.17, 15) is 4.79 Å². The summed E-state index contributed by atoms with van der Waals surface area (Å²) in [6, 6.07) is 4.03. The first-order valence-electron chi connectivity index (χ1n) is 7.45. The predicted molar refractivity (Wildman–Crippen MR) is 78.7 cm³/mol. The van der Waals surface area contributed by atoms with Crippen LogP contribution in [-0.4, -0.2) is 54.5 Å². The van der Waals surface area contributed by atoms with Crippen molar-refractivity contribution in [2.24, 2.45) is 5.73 Å². The average molecular weight is 279 g/mol. The third-order valence-electron chi connectivity index (χ3n) is 3.96. The van der Waals surface area contributed by atoms with Crippen LogP contribution >= 0.6 is 0 Å². The van der Waals surface area contributed by atoms with E-state index in [0.717, 1.165) is 44.8 Å². The fourth-order valence-corrected chi connectivity index (χ4v) is 2.78. The Balaban J connectivity index is 1.89. The molecule has 1 aromatic heterocycles. The maximum absolute atomic E-state index is 12.3. The molecular weight excluding hydrogens is 254 g/mol. The summed E-state index contributed by atoms with van der Waals surface area (Å²) in [5.41, 5.74) is 5.84. The lowest BCUT2D eigenvalue weighted by Crippen LogP contribution is -2.53. The van der Waals surface area contributed by atoms with Gasteiger partial charge in [0.05, 0.1) is 0 Å². The van der Waals surface area contributed by atoms with E-state index in [-0.39, 0.29) is 5.91 Å². The highest BCUT2D eigenvalue weighted by Crippen LogP contribution is 2.14. The summed E-state index contributed by atoms with van der Waals surface area (Å²) >= 11 is 0. The van der Waals surface area contributed by atoms with Gasteiger partial charge >= 0.3 is 0 Å². The smallest absolute Gasteiger partial charge is 0.289 e. The lowest BCUT2D eigenvalue weighted by Gasteiger charge is -2.38. The third-order valence-corrected chi connectivity index (χ3v) is 3.96. The topological polar surface area (TPSA) is 62.7 Å². The molecule has 0 bridgehead atoms. The minimum atomic E-state index is -0.00228. The second kappa shape index (κ2) is 6.90. The van der Waals surface area contributed by atoms with Gasteiger partial charge in [0.15, 0.2) is 5.76 Å². The van der Waals surface area contributed by atoms with Gasteiger partial charge in [-0.05, 0) is 25.5 Å². The van der Waals surface area contributed by atoms with Gasteiger partial charge in [0.25, 0.3) is 5.91 Å². The van der Waals surface area contributed by atoms with Gasteiger partial charge in [0.1, 0.15) is 5.76 Å². The molecule has 1 fully saturated rings. The van der Waals surface area contributed by atoms with E-state index in [1.807, 2.05) is 17.9 Å². The Bertz CT molecular complexity index is 436. The predicted octanol–water partition coefficient (Wildman–Crippen LogP) is 1.47. The van der Waals surface area contributed by atoms with Crippen LogP contribution in [0.5, 0.6) is 0 Å². The summed E-state index contributed by atoms with van der Waals surface area (Å²) in [6.45, 7) is 8.02. The molecule has 0 saturated carbocycles. The molecule has 1 aliphatic heterocycles. The van der Waals surface area contributed by atoms with Gasteiger partial charge in [-0.3, -0.25) is 9.69 Å². The molecule has 1 amide bonds. The first-order valence-corrected chi connectivity index (χ1v) is 7.45. The highest BCUT2D eigenvalue weighted by Gasteiger charge is 2.26. The Morgan fingerprint density at radius 3 is 2.55 bits per heavy atom. The quantitative estimate of drug-likeness (QED) is 0.886. The fourth-order valence-electron chi connectivity index (χ4n) is 2.78. The number of rotatable bonds is 5. The van der Waals surface area contributed by atoms with Crippen molar-refractivity contribution in [1.82, 2.24) is 9.80 Å². The molecule has 20 heavy (non-hydrogen) atoms. The van der Waals surface area contributed by atoms with Crippen LogP contribution in [0, 0.1) is 6.92 Å². The number of carbonyl (C=O) groups is 1.